The molecule has 0 aliphatic carbocycles. The number of hydrogen-bond acceptors (Lipinski definition) is 2. The monoisotopic (exact) mass is 308 g/mol. The summed E-state index contributed by atoms with van der Waals surface area (Å²) >= 11 is 3.32. The van der Waals surface area contributed by atoms with Crippen molar-refractivity contribution in [3.05, 3.63) is 63.9 Å². The molecule has 0 radical (unpaired) electrons. The summed E-state index contributed by atoms with van der Waals surface area (Å²) < 4.78 is 19.2. The summed E-state index contributed by atoms with van der Waals surface area (Å²) in [6.07, 6.45) is 0.765. The summed E-state index contributed by atoms with van der Waals surface area (Å²) in [4.78, 5) is 10.6. The molecule has 0 atom stereocenters. The minimum absolute atomic E-state index is 0.275. The molecule has 0 aliphatic heterocycles. The van der Waals surface area contributed by atoms with E-state index >= 15 is 0 Å². The van der Waals surface area contributed by atoms with Gasteiger partial charge >= 0.3 is 0 Å². The molecule has 0 aliphatic rings. The fourth-order valence-corrected chi connectivity index (χ4v) is 2.01. The van der Waals surface area contributed by atoms with Gasteiger partial charge in [0.1, 0.15) is 24.5 Å². The van der Waals surface area contributed by atoms with E-state index in [4.69, 9.17) is 4.74 Å². The molecule has 2 aromatic rings. The molecule has 0 aromatic heterocycles. The number of halogens is 2. The summed E-state index contributed by atoms with van der Waals surface area (Å²) in [6.45, 7) is 0.275. The first-order chi connectivity index (χ1) is 8.69. The van der Waals surface area contributed by atoms with Crippen molar-refractivity contribution in [2.45, 2.75) is 6.61 Å². The topological polar surface area (TPSA) is 26.3 Å². The Labute approximate surface area is 113 Å². The second-order valence-corrected chi connectivity index (χ2v) is 4.58. The van der Waals surface area contributed by atoms with Crippen LogP contribution in [0.1, 0.15) is 15.9 Å². The number of rotatable bonds is 4. The Bertz CT molecular complexity index is 569. The highest BCUT2D eigenvalue weighted by atomic mass is 79.9. The fourth-order valence-electron chi connectivity index (χ4n) is 1.50. The van der Waals surface area contributed by atoms with Crippen molar-refractivity contribution in [2.24, 2.45) is 0 Å². The van der Waals surface area contributed by atoms with Crippen LogP contribution in [-0.2, 0) is 6.61 Å². The number of benzene rings is 2. The van der Waals surface area contributed by atoms with E-state index < -0.39 is 0 Å². The van der Waals surface area contributed by atoms with Gasteiger partial charge in [-0.05, 0) is 51.8 Å². The van der Waals surface area contributed by atoms with Gasteiger partial charge in [-0.2, -0.15) is 0 Å². The molecular weight excluding hydrogens is 299 g/mol. The molecule has 0 saturated heterocycles. The Balaban J connectivity index is 2.08. The lowest BCUT2D eigenvalue weighted by Crippen LogP contribution is -1.97. The molecule has 0 heterocycles. The van der Waals surface area contributed by atoms with Gasteiger partial charge in [0.2, 0.25) is 0 Å². The molecule has 0 amide bonds. The third kappa shape index (κ3) is 3.17. The summed E-state index contributed by atoms with van der Waals surface area (Å²) in [5, 5.41) is 0. The molecule has 0 N–H and O–H groups in total. The van der Waals surface area contributed by atoms with Crippen LogP contribution in [0.15, 0.2) is 46.9 Å². The van der Waals surface area contributed by atoms with Gasteiger partial charge in [-0.25, -0.2) is 4.39 Å². The highest BCUT2D eigenvalue weighted by Gasteiger charge is 2.03. The third-order valence-corrected chi connectivity index (χ3v) is 3.00. The first kappa shape index (κ1) is 12.8. The van der Waals surface area contributed by atoms with E-state index in [1.54, 1.807) is 30.3 Å². The van der Waals surface area contributed by atoms with Crippen LogP contribution in [0.4, 0.5) is 4.39 Å². The van der Waals surface area contributed by atoms with Crippen LogP contribution in [0.3, 0.4) is 0 Å². The minimum atomic E-state index is -0.286. The Morgan fingerprint density at radius 1 is 1.22 bits per heavy atom. The molecule has 0 spiro atoms. The average Bonchev–Trinajstić information content (AvgIpc) is 2.37. The van der Waals surface area contributed by atoms with Crippen molar-refractivity contribution in [1.29, 1.82) is 0 Å². The van der Waals surface area contributed by atoms with E-state index in [1.807, 2.05) is 0 Å². The lowest BCUT2D eigenvalue weighted by Gasteiger charge is -2.08. The highest BCUT2D eigenvalue weighted by molar-refractivity contribution is 9.10. The summed E-state index contributed by atoms with van der Waals surface area (Å²) in [5.41, 5.74) is 1.32. The third-order valence-electron chi connectivity index (χ3n) is 2.38. The average molecular weight is 309 g/mol. The smallest absolute Gasteiger partial charge is 0.150 e. The van der Waals surface area contributed by atoms with Gasteiger partial charge < -0.3 is 4.74 Å². The number of ether oxygens (including phenoxy) is 1. The standard InChI is InChI=1S/C14H10BrFO2/c15-13-7-10(8-17)4-5-14(13)18-9-11-2-1-3-12(16)6-11/h1-8H,9H2. The molecule has 4 heteroatoms. The predicted molar refractivity (Wildman–Crippen MR) is 70.3 cm³/mol. The Morgan fingerprint density at radius 2 is 2.06 bits per heavy atom. The molecule has 0 unspecified atom stereocenters. The van der Waals surface area contributed by atoms with Gasteiger partial charge in [-0.1, -0.05) is 12.1 Å². The van der Waals surface area contributed by atoms with Crippen molar-refractivity contribution in [2.75, 3.05) is 0 Å². The van der Waals surface area contributed by atoms with Gasteiger partial charge in [-0.3, -0.25) is 4.79 Å². The molecular formula is C14H10BrFO2. The maximum atomic E-state index is 13.0. The van der Waals surface area contributed by atoms with Gasteiger partial charge in [0.15, 0.2) is 0 Å². The van der Waals surface area contributed by atoms with Crippen molar-refractivity contribution >= 4 is 22.2 Å². The van der Waals surface area contributed by atoms with E-state index in [-0.39, 0.29) is 12.4 Å². The van der Waals surface area contributed by atoms with Crippen LogP contribution in [0.25, 0.3) is 0 Å². The van der Waals surface area contributed by atoms with E-state index in [9.17, 15) is 9.18 Å². The zero-order valence-electron chi connectivity index (χ0n) is 9.40. The van der Waals surface area contributed by atoms with Crippen LogP contribution in [0.2, 0.25) is 0 Å². The van der Waals surface area contributed by atoms with E-state index in [0.29, 0.717) is 15.8 Å². The van der Waals surface area contributed by atoms with Crippen molar-refractivity contribution in [3.8, 4) is 5.75 Å². The van der Waals surface area contributed by atoms with Crippen molar-refractivity contribution < 1.29 is 13.9 Å². The zero-order chi connectivity index (χ0) is 13.0. The molecule has 2 rings (SSSR count). The molecule has 2 nitrogen and oxygen atoms in total. The molecule has 92 valence electrons. The predicted octanol–water partition coefficient (Wildman–Crippen LogP) is 3.98. The van der Waals surface area contributed by atoms with E-state index in [0.717, 1.165) is 11.8 Å². The van der Waals surface area contributed by atoms with Gasteiger partial charge in [0.25, 0.3) is 0 Å². The molecule has 0 saturated carbocycles. The lowest BCUT2D eigenvalue weighted by atomic mass is 10.2. The second kappa shape index (κ2) is 5.78. The van der Waals surface area contributed by atoms with Crippen molar-refractivity contribution in [1.82, 2.24) is 0 Å². The Hall–Kier alpha value is -1.68. The van der Waals surface area contributed by atoms with Crippen LogP contribution in [-0.4, -0.2) is 6.29 Å². The molecule has 0 fully saturated rings. The number of hydrogen-bond donors (Lipinski definition) is 0. The fraction of sp³-hybridized carbons (Fsp3) is 0.0714. The normalized spacial score (nSPS) is 10.1. The first-order valence-electron chi connectivity index (χ1n) is 5.31. The van der Waals surface area contributed by atoms with Crippen LogP contribution in [0, 0.1) is 5.82 Å². The van der Waals surface area contributed by atoms with Crippen molar-refractivity contribution in [3.63, 3.8) is 0 Å². The van der Waals surface area contributed by atoms with E-state index in [2.05, 4.69) is 15.9 Å². The minimum Gasteiger partial charge on any atom is -0.488 e. The lowest BCUT2D eigenvalue weighted by molar-refractivity contribution is 0.112. The largest absolute Gasteiger partial charge is 0.488 e. The summed E-state index contributed by atoms with van der Waals surface area (Å²) in [5.74, 6) is 0.330. The van der Waals surface area contributed by atoms with E-state index in [1.165, 1.54) is 12.1 Å². The summed E-state index contributed by atoms with van der Waals surface area (Å²) in [6, 6.07) is 11.3. The van der Waals surface area contributed by atoms with Gasteiger partial charge in [-0.15, -0.1) is 0 Å². The highest BCUT2D eigenvalue weighted by Crippen LogP contribution is 2.26. The second-order valence-electron chi connectivity index (χ2n) is 3.73. The zero-order valence-corrected chi connectivity index (χ0v) is 11.0. The SMILES string of the molecule is O=Cc1ccc(OCc2cccc(F)c2)c(Br)c1. The van der Waals surface area contributed by atoms with Crippen LogP contribution >= 0.6 is 15.9 Å². The maximum Gasteiger partial charge on any atom is 0.150 e. The van der Waals surface area contributed by atoms with Gasteiger partial charge in [0, 0.05) is 5.56 Å². The van der Waals surface area contributed by atoms with Gasteiger partial charge in [0.05, 0.1) is 4.47 Å². The quantitative estimate of drug-likeness (QED) is 0.799. The number of carbonyl (C=O) groups excluding carboxylic acids is 1. The molecule has 18 heavy (non-hydrogen) atoms. The number of carbonyl (C=O) groups is 1. The maximum absolute atomic E-state index is 13.0. The van der Waals surface area contributed by atoms with Crippen LogP contribution < -0.4 is 4.74 Å². The first-order valence-corrected chi connectivity index (χ1v) is 6.10. The Kier molecular flexibility index (Phi) is 4.10. The molecule has 0 bridgehead atoms. The summed E-state index contributed by atoms with van der Waals surface area (Å²) in [7, 11) is 0. The Morgan fingerprint density at radius 3 is 2.72 bits per heavy atom. The van der Waals surface area contributed by atoms with Crippen LogP contribution in [0.5, 0.6) is 5.75 Å². The molecule has 2 aromatic carbocycles. The number of aldehydes is 1.